The SMILES string of the molecule is CC(NC(=O)c1ccc(N)nc1)C1CCC1. The maximum Gasteiger partial charge on any atom is 0.253 e. The Balaban J connectivity index is 1.94. The van der Waals surface area contributed by atoms with Gasteiger partial charge in [0.1, 0.15) is 5.82 Å². The standard InChI is InChI=1S/C12H17N3O/c1-8(9-3-2-4-9)15-12(16)10-5-6-11(13)14-7-10/h5-9H,2-4H2,1H3,(H2,13,14)(H,15,16). The molecule has 1 heterocycles. The molecule has 0 aliphatic heterocycles. The molecule has 0 radical (unpaired) electrons. The largest absolute Gasteiger partial charge is 0.384 e. The van der Waals surface area contributed by atoms with Crippen LogP contribution in [0.1, 0.15) is 36.5 Å². The van der Waals surface area contributed by atoms with Gasteiger partial charge in [0.2, 0.25) is 0 Å². The highest BCUT2D eigenvalue weighted by molar-refractivity contribution is 5.94. The van der Waals surface area contributed by atoms with Crippen LogP contribution in [-0.4, -0.2) is 16.9 Å². The van der Waals surface area contributed by atoms with Crippen molar-refractivity contribution in [2.75, 3.05) is 5.73 Å². The number of hydrogen-bond acceptors (Lipinski definition) is 3. The van der Waals surface area contributed by atoms with Crippen molar-refractivity contribution in [3.63, 3.8) is 0 Å². The van der Waals surface area contributed by atoms with Gasteiger partial charge in [-0.05, 0) is 37.8 Å². The predicted molar refractivity (Wildman–Crippen MR) is 62.9 cm³/mol. The maximum absolute atomic E-state index is 11.8. The Morgan fingerprint density at radius 2 is 2.31 bits per heavy atom. The molecular formula is C12H17N3O. The van der Waals surface area contributed by atoms with Gasteiger partial charge in [-0.2, -0.15) is 0 Å². The van der Waals surface area contributed by atoms with Crippen LogP contribution in [0.2, 0.25) is 0 Å². The number of carbonyl (C=O) groups excluding carboxylic acids is 1. The zero-order valence-corrected chi connectivity index (χ0v) is 9.44. The van der Waals surface area contributed by atoms with Gasteiger partial charge in [0, 0.05) is 12.2 Å². The predicted octanol–water partition coefficient (Wildman–Crippen LogP) is 1.58. The monoisotopic (exact) mass is 219 g/mol. The second-order valence-electron chi connectivity index (χ2n) is 4.42. The second-order valence-corrected chi connectivity index (χ2v) is 4.42. The van der Waals surface area contributed by atoms with E-state index < -0.39 is 0 Å². The van der Waals surface area contributed by atoms with Gasteiger partial charge in [-0.1, -0.05) is 6.42 Å². The van der Waals surface area contributed by atoms with E-state index in [9.17, 15) is 4.79 Å². The van der Waals surface area contributed by atoms with E-state index in [0.717, 1.165) is 0 Å². The molecule has 0 aromatic carbocycles. The van der Waals surface area contributed by atoms with Crippen molar-refractivity contribution in [3.05, 3.63) is 23.9 Å². The van der Waals surface area contributed by atoms with Crippen LogP contribution < -0.4 is 11.1 Å². The summed E-state index contributed by atoms with van der Waals surface area (Å²) < 4.78 is 0. The van der Waals surface area contributed by atoms with Crippen LogP contribution in [-0.2, 0) is 0 Å². The first kappa shape index (κ1) is 10.9. The van der Waals surface area contributed by atoms with Gasteiger partial charge in [0.25, 0.3) is 5.91 Å². The molecule has 2 rings (SSSR count). The van der Waals surface area contributed by atoms with Crippen molar-refractivity contribution in [2.45, 2.75) is 32.2 Å². The van der Waals surface area contributed by atoms with Crippen LogP contribution in [0.15, 0.2) is 18.3 Å². The Morgan fingerprint density at radius 3 is 2.81 bits per heavy atom. The Morgan fingerprint density at radius 1 is 1.56 bits per heavy atom. The molecule has 1 fully saturated rings. The second kappa shape index (κ2) is 4.51. The average molecular weight is 219 g/mol. The fourth-order valence-corrected chi connectivity index (χ4v) is 1.89. The lowest BCUT2D eigenvalue weighted by molar-refractivity contribution is 0.0909. The number of rotatable bonds is 3. The van der Waals surface area contributed by atoms with Crippen LogP contribution in [0.4, 0.5) is 5.82 Å². The minimum Gasteiger partial charge on any atom is -0.384 e. The third-order valence-corrected chi connectivity index (χ3v) is 3.26. The van der Waals surface area contributed by atoms with Gasteiger partial charge in [0.05, 0.1) is 5.56 Å². The zero-order chi connectivity index (χ0) is 11.5. The van der Waals surface area contributed by atoms with E-state index in [4.69, 9.17) is 5.73 Å². The molecule has 86 valence electrons. The van der Waals surface area contributed by atoms with Crippen molar-refractivity contribution < 1.29 is 4.79 Å². The molecule has 4 heteroatoms. The summed E-state index contributed by atoms with van der Waals surface area (Å²) in [5.41, 5.74) is 6.03. The van der Waals surface area contributed by atoms with Crippen LogP contribution in [0.5, 0.6) is 0 Å². The molecule has 1 aromatic heterocycles. The number of anilines is 1. The summed E-state index contributed by atoms with van der Waals surface area (Å²) >= 11 is 0. The van der Waals surface area contributed by atoms with E-state index in [-0.39, 0.29) is 11.9 Å². The molecule has 3 N–H and O–H groups in total. The van der Waals surface area contributed by atoms with Gasteiger partial charge in [-0.3, -0.25) is 4.79 Å². The number of hydrogen-bond donors (Lipinski definition) is 2. The van der Waals surface area contributed by atoms with Crippen LogP contribution in [0, 0.1) is 5.92 Å². The minimum atomic E-state index is -0.0631. The topological polar surface area (TPSA) is 68.0 Å². The Labute approximate surface area is 95.3 Å². The molecule has 1 saturated carbocycles. The Kier molecular flexibility index (Phi) is 3.08. The summed E-state index contributed by atoms with van der Waals surface area (Å²) in [6.07, 6.45) is 5.25. The fourth-order valence-electron chi connectivity index (χ4n) is 1.89. The van der Waals surface area contributed by atoms with E-state index in [0.29, 0.717) is 17.3 Å². The minimum absolute atomic E-state index is 0.0631. The number of amides is 1. The number of nitrogens with one attached hydrogen (secondary N) is 1. The summed E-state index contributed by atoms with van der Waals surface area (Å²) in [5.74, 6) is 1.01. The Hall–Kier alpha value is -1.58. The normalized spacial score (nSPS) is 17.6. The van der Waals surface area contributed by atoms with Crippen molar-refractivity contribution in [3.8, 4) is 0 Å². The number of pyridine rings is 1. The van der Waals surface area contributed by atoms with Crippen LogP contribution >= 0.6 is 0 Å². The quantitative estimate of drug-likeness (QED) is 0.811. The van der Waals surface area contributed by atoms with E-state index in [1.54, 1.807) is 12.1 Å². The van der Waals surface area contributed by atoms with Crippen LogP contribution in [0.3, 0.4) is 0 Å². The van der Waals surface area contributed by atoms with Gasteiger partial charge in [-0.25, -0.2) is 4.98 Å². The first-order valence-electron chi connectivity index (χ1n) is 5.69. The molecule has 0 bridgehead atoms. The highest BCUT2D eigenvalue weighted by Gasteiger charge is 2.25. The summed E-state index contributed by atoms with van der Waals surface area (Å²) in [4.78, 5) is 15.7. The zero-order valence-electron chi connectivity index (χ0n) is 9.44. The number of nitrogens with two attached hydrogens (primary N) is 1. The van der Waals surface area contributed by atoms with Crippen molar-refractivity contribution >= 4 is 11.7 Å². The summed E-state index contributed by atoms with van der Waals surface area (Å²) in [7, 11) is 0. The molecule has 4 nitrogen and oxygen atoms in total. The molecule has 1 aromatic rings. The summed E-state index contributed by atoms with van der Waals surface area (Å²) in [6.45, 7) is 2.06. The van der Waals surface area contributed by atoms with Gasteiger partial charge in [0.15, 0.2) is 0 Å². The van der Waals surface area contributed by atoms with E-state index in [1.165, 1.54) is 25.5 Å². The van der Waals surface area contributed by atoms with E-state index >= 15 is 0 Å². The lowest BCUT2D eigenvalue weighted by Crippen LogP contribution is -2.40. The maximum atomic E-state index is 11.8. The van der Waals surface area contributed by atoms with Gasteiger partial charge in [-0.15, -0.1) is 0 Å². The van der Waals surface area contributed by atoms with Crippen molar-refractivity contribution in [2.24, 2.45) is 5.92 Å². The summed E-state index contributed by atoms with van der Waals surface area (Å²) in [6, 6.07) is 3.59. The molecule has 1 aliphatic rings. The molecule has 1 atom stereocenters. The smallest absolute Gasteiger partial charge is 0.253 e. The van der Waals surface area contributed by atoms with Crippen molar-refractivity contribution in [1.29, 1.82) is 0 Å². The molecule has 1 unspecified atom stereocenters. The van der Waals surface area contributed by atoms with Crippen LogP contribution in [0.25, 0.3) is 0 Å². The first-order valence-corrected chi connectivity index (χ1v) is 5.69. The average Bonchev–Trinajstić information content (AvgIpc) is 2.15. The highest BCUT2D eigenvalue weighted by atomic mass is 16.1. The summed E-state index contributed by atoms with van der Waals surface area (Å²) in [5, 5.41) is 3.00. The van der Waals surface area contributed by atoms with Gasteiger partial charge >= 0.3 is 0 Å². The highest BCUT2D eigenvalue weighted by Crippen LogP contribution is 2.29. The van der Waals surface area contributed by atoms with E-state index in [2.05, 4.69) is 17.2 Å². The fraction of sp³-hybridized carbons (Fsp3) is 0.500. The van der Waals surface area contributed by atoms with Crippen molar-refractivity contribution in [1.82, 2.24) is 10.3 Å². The number of nitrogen functional groups attached to an aromatic ring is 1. The number of nitrogens with zero attached hydrogens (tertiary/aromatic N) is 1. The molecule has 1 aliphatic carbocycles. The Bertz CT molecular complexity index is 370. The number of aromatic nitrogens is 1. The lowest BCUT2D eigenvalue weighted by Gasteiger charge is -2.31. The molecule has 0 saturated heterocycles. The van der Waals surface area contributed by atoms with E-state index in [1.807, 2.05) is 0 Å². The third kappa shape index (κ3) is 2.32. The first-order chi connectivity index (χ1) is 7.66. The molecule has 16 heavy (non-hydrogen) atoms. The molecular weight excluding hydrogens is 202 g/mol. The molecule has 1 amide bonds. The third-order valence-electron chi connectivity index (χ3n) is 3.26. The lowest BCUT2D eigenvalue weighted by atomic mass is 9.80. The van der Waals surface area contributed by atoms with Gasteiger partial charge < -0.3 is 11.1 Å². The molecule has 0 spiro atoms. The number of carbonyl (C=O) groups is 1.